The Hall–Kier alpha value is -2.48. The number of hydrogen-bond acceptors (Lipinski definition) is 7. The van der Waals surface area contributed by atoms with Gasteiger partial charge in [0.25, 0.3) is 0 Å². The van der Waals surface area contributed by atoms with E-state index in [1.54, 1.807) is 23.9 Å². The van der Waals surface area contributed by atoms with E-state index in [0.717, 1.165) is 0 Å². The highest BCUT2D eigenvalue weighted by atomic mass is 35.5. The minimum atomic E-state index is -0.937. The Bertz CT molecular complexity index is 730. The number of esters is 2. The smallest absolute Gasteiger partial charge is 0.346 e. The Morgan fingerprint density at radius 2 is 2.12 bits per heavy atom. The highest BCUT2D eigenvalue weighted by molar-refractivity contribution is 6.30. The van der Waals surface area contributed by atoms with Gasteiger partial charge in [-0.2, -0.15) is 5.10 Å². The number of nitrogens with zero attached hydrogens (tertiary/aromatic N) is 4. The minimum Gasteiger partial charge on any atom is -0.466 e. The zero-order valence-corrected chi connectivity index (χ0v) is 14.3. The summed E-state index contributed by atoms with van der Waals surface area (Å²) in [4.78, 5) is 31.5. The number of pyridine rings is 1. The molecule has 0 aliphatic rings. The molecule has 0 aliphatic carbocycles. The Morgan fingerprint density at radius 3 is 2.75 bits per heavy atom. The summed E-state index contributed by atoms with van der Waals surface area (Å²) >= 11 is 5.81. The normalized spacial score (nSPS) is 11.8. The molecule has 128 valence electrons. The van der Waals surface area contributed by atoms with Crippen LogP contribution < -0.4 is 0 Å². The van der Waals surface area contributed by atoms with E-state index in [2.05, 4.69) is 19.8 Å². The number of carbonyl (C=O) groups is 2. The van der Waals surface area contributed by atoms with Crippen LogP contribution in [-0.2, 0) is 32.5 Å². The maximum Gasteiger partial charge on any atom is 0.346 e. The number of aromatic nitrogens is 4. The van der Waals surface area contributed by atoms with E-state index in [4.69, 9.17) is 16.3 Å². The van der Waals surface area contributed by atoms with Crippen LogP contribution in [0.25, 0.3) is 11.5 Å². The van der Waals surface area contributed by atoms with Crippen LogP contribution in [0.15, 0.2) is 18.3 Å². The van der Waals surface area contributed by atoms with Crippen molar-refractivity contribution in [3.63, 3.8) is 0 Å². The first-order chi connectivity index (χ1) is 11.4. The molecule has 0 aromatic carbocycles. The second-order valence-electron chi connectivity index (χ2n) is 4.99. The summed E-state index contributed by atoms with van der Waals surface area (Å²) in [5.74, 6) is -0.0770. The van der Waals surface area contributed by atoms with Crippen LogP contribution in [0.5, 0.6) is 0 Å². The Balaban J connectivity index is 1.97. The largest absolute Gasteiger partial charge is 0.466 e. The number of ether oxygens (including phenoxy) is 2. The minimum absolute atomic E-state index is 0.0544. The summed E-state index contributed by atoms with van der Waals surface area (Å²) in [6.45, 7) is 1.45. The molecule has 2 rings (SSSR count). The summed E-state index contributed by atoms with van der Waals surface area (Å²) < 4.78 is 11.0. The van der Waals surface area contributed by atoms with Crippen molar-refractivity contribution in [1.29, 1.82) is 0 Å². The summed E-state index contributed by atoms with van der Waals surface area (Å²) in [5.41, 5.74) is 0.627. The van der Waals surface area contributed by atoms with Gasteiger partial charge in [-0.1, -0.05) is 11.6 Å². The van der Waals surface area contributed by atoms with Crippen molar-refractivity contribution in [2.75, 3.05) is 7.11 Å². The molecular weight excluding hydrogens is 336 g/mol. The summed E-state index contributed by atoms with van der Waals surface area (Å²) in [7, 11) is 2.97. The number of hydrogen-bond donors (Lipinski definition) is 0. The van der Waals surface area contributed by atoms with Crippen molar-refractivity contribution in [3.05, 3.63) is 29.2 Å². The summed E-state index contributed by atoms with van der Waals surface area (Å²) in [6.07, 6.45) is 0.928. The maximum atomic E-state index is 11.7. The van der Waals surface area contributed by atoms with E-state index in [1.807, 2.05) is 0 Å². The van der Waals surface area contributed by atoms with E-state index in [0.29, 0.717) is 22.4 Å². The first-order valence-corrected chi connectivity index (χ1v) is 7.57. The Kier molecular flexibility index (Phi) is 5.86. The van der Waals surface area contributed by atoms with Crippen LogP contribution in [0.3, 0.4) is 0 Å². The average molecular weight is 353 g/mol. The van der Waals surface area contributed by atoms with Gasteiger partial charge in [-0.3, -0.25) is 9.78 Å². The van der Waals surface area contributed by atoms with Gasteiger partial charge in [0.15, 0.2) is 17.8 Å². The van der Waals surface area contributed by atoms with Gasteiger partial charge in [-0.15, -0.1) is 0 Å². The second-order valence-corrected chi connectivity index (χ2v) is 5.43. The summed E-state index contributed by atoms with van der Waals surface area (Å²) in [6, 6.07) is 3.45. The first kappa shape index (κ1) is 17.9. The quantitative estimate of drug-likeness (QED) is 0.728. The number of aryl methyl sites for hydroxylation is 2. The second kappa shape index (κ2) is 7.87. The van der Waals surface area contributed by atoms with Gasteiger partial charge in [-0.05, 0) is 19.1 Å². The van der Waals surface area contributed by atoms with Gasteiger partial charge in [0, 0.05) is 19.7 Å². The third kappa shape index (κ3) is 4.51. The number of halogens is 1. The molecule has 0 saturated heterocycles. The first-order valence-electron chi connectivity index (χ1n) is 7.20. The lowest BCUT2D eigenvalue weighted by Crippen LogP contribution is -2.25. The van der Waals surface area contributed by atoms with Gasteiger partial charge in [0.1, 0.15) is 5.69 Å². The molecule has 2 heterocycles. The van der Waals surface area contributed by atoms with Crippen molar-refractivity contribution in [2.24, 2.45) is 7.05 Å². The van der Waals surface area contributed by atoms with E-state index in [-0.39, 0.29) is 12.8 Å². The monoisotopic (exact) mass is 352 g/mol. The maximum absolute atomic E-state index is 11.7. The lowest BCUT2D eigenvalue weighted by molar-refractivity contribution is -0.164. The fourth-order valence-electron chi connectivity index (χ4n) is 1.96. The molecule has 0 bridgehead atoms. The molecule has 9 heteroatoms. The van der Waals surface area contributed by atoms with Gasteiger partial charge < -0.3 is 9.47 Å². The van der Waals surface area contributed by atoms with E-state index in [9.17, 15) is 9.59 Å². The van der Waals surface area contributed by atoms with Gasteiger partial charge in [0.05, 0.1) is 18.6 Å². The molecule has 2 aromatic rings. The van der Waals surface area contributed by atoms with Crippen molar-refractivity contribution in [1.82, 2.24) is 19.7 Å². The SMILES string of the molecule is COC(=O)C(C)OC(=O)CCc1nc(-c2ccc(Cl)cn2)n(C)n1. The van der Waals surface area contributed by atoms with E-state index < -0.39 is 18.0 Å². The van der Waals surface area contributed by atoms with E-state index in [1.165, 1.54) is 20.2 Å². The standard InChI is InChI=1S/C15H17ClN4O4/c1-9(15(22)23-3)24-13(21)7-6-12-18-14(20(2)19-12)11-5-4-10(16)8-17-11/h4-5,8-9H,6-7H2,1-3H3. The number of carbonyl (C=O) groups excluding carboxylic acids is 2. The van der Waals surface area contributed by atoms with Crippen molar-refractivity contribution in [2.45, 2.75) is 25.9 Å². The highest BCUT2D eigenvalue weighted by Gasteiger charge is 2.19. The third-order valence-electron chi connectivity index (χ3n) is 3.16. The lowest BCUT2D eigenvalue weighted by Gasteiger charge is -2.10. The molecule has 0 N–H and O–H groups in total. The highest BCUT2D eigenvalue weighted by Crippen LogP contribution is 2.16. The van der Waals surface area contributed by atoms with Crippen LogP contribution in [0.4, 0.5) is 0 Å². The predicted molar refractivity (Wildman–Crippen MR) is 85.1 cm³/mol. The molecule has 2 aromatic heterocycles. The van der Waals surface area contributed by atoms with E-state index >= 15 is 0 Å². The van der Waals surface area contributed by atoms with Crippen molar-refractivity contribution < 1.29 is 19.1 Å². The molecule has 0 radical (unpaired) electrons. The molecule has 0 aliphatic heterocycles. The fraction of sp³-hybridized carbons (Fsp3) is 0.400. The molecule has 1 unspecified atom stereocenters. The molecule has 1 atom stereocenters. The van der Waals surface area contributed by atoms with Crippen LogP contribution in [0.2, 0.25) is 5.02 Å². The van der Waals surface area contributed by atoms with Crippen molar-refractivity contribution in [3.8, 4) is 11.5 Å². The lowest BCUT2D eigenvalue weighted by atomic mass is 10.3. The van der Waals surface area contributed by atoms with Crippen LogP contribution in [0, 0.1) is 0 Å². The van der Waals surface area contributed by atoms with Gasteiger partial charge in [-0.25, -0.2) is 14.5 Å². The topological polar surface area (TPSA) is 96.2 Å². The summed E-state index contributed by atoms with van der Waals surface area (Å²) in [5, 5.41) is 4.78. The zero-order valence-electron chi connectivity index (χ0n) is 13.5. The molecule has 0 spiro atoms. The molecule has 0 amide bonds. The molecular formula is C15H17ClN4O4. The fourth-order valence-corrected chi connectivity index (χ4v) is 2.07. The predicted octanol–water partition coefficient (Wildman–Crippen LogP) is 1.57. The van der Waals surface area contributed by atoms with Crippen LogP contribution in [0.1, 0.15) is 19.2 Å². The van der Waals surface area contributed by atoms with Crippen molar-refractivity contribution >= 4 is 23.5 Å². The molecule has 0 saturated carbocycles. The molecule has 8 nitrogen and oxygen atoms in total. The molecule has 24 heavy (non-hydrogen) atoms. The molecule has 0 fully saturated rings. The third-order valence-corrected chi connectivity index (χ3v) is 3.38. The number of rotatable bonds is 6. The van der Waals surface area contributed by atoms with Crippen LogP contribution >= 0.6 is 11.6 Å². The zero-order chi connectivity index (χ0) is 17.7. The van der Waals surface area contributed by atoms with Gasteiger partial charge in [0.2, 0.25) is 0 Å². The Morgan fingerprint density at radius 1 is 1.38 bits per heavy atom. The number of methoxy groups -OCH3 is 1. The van der Waals surface area contributed by atoms with Gasteiger partial charge >= 0.3 is 11.9 Å². The Labute approximate surface area is 143 Å². The average Bonchev–Trinajstić information content (AvgIpc) is 2.93. The van der Waals surface area contributed by atoms with Crippen LogP contribution in [-0.4, -0.2) is 44.9 Å².